The summed E-state index contributed by atoms with van der Waals surface area (Å²) in [6.07, 6.45) is 2.49. The summed E-state index contributed by atoms with van der Waals surface area (Å²) in [5, 5.41) is 13.6. The topological polar surface area (TPSA) is 82.2 Å². The number of aryl methyl sites for hydroxylation is 1. The molecule has 21 heavy (non-hydrogen) atoms. The number of piperazine rings is 1. The molecular weight excluding hydrogens is 288 g/mol. The summed E-state index contributed by atoms with van der Waals surface area (Å²) in [6.45, 7) is 3.43. The molecule has 0 unspecified atom stereocenters. The average molecular weight is 310 g/mol. The molecule has 0 atom stereocenters. The van der Waals surface area contributed by atoms with Crippen LogP contribution in [0.4, 0.5) is 0 Å². The van der Waals surface area contributed by atoms with Crippen molar-refractivity contribution < 1.29 is 10.0 Å². The van der Waals surface area contributed by atoms with Gasteiger partial charge in [0.15, 0.2) is 5.84 Å². The van der Waals surface area contributed by atoms with E-state index in [-0.39, 0.29) is 11.7 Å². The first-order chi connectivity index (χ1) is 10.2. The second-order valence-corrected chi connectivity index (χ2v) is 6.21. The lowest BCUT2D eigenvalue weighted by Crippen LogP contribution is -2.50. The molecule has 7 heteroatoms. The van der Waals surface area contributed by atoms with Crippen LogP contribution in [0.5, 0.6) is 0 Å². The van der Waals surface area contributed by atoms with Crippen molar-refractivity contribution in [3.8, 4) is 0 Å². The highest BCUT2D eigenvalue weighted by atomic mass is 32.1. The van der Waals surface area contributed by atoms with Gasteiger partial charge in [-0.2, -0.15) is 0 Å². The summed E-state index contributed by atoms with van der Waals surface area (Å²) >= 11 is 1.74. The Balaban J connectivity index is 1.65. The summed E-state index contributed by atoms with van der Waals surface area (Å²) in [7, 11) is 0. The Hall–Kier alpha value is -1.60. The Morgan fingerprint density at radius 2 is 2.14 bits per heavy atom. The molecule has 0 radical (unpaired) electrons. The number of nitrogens with zero attached hydrogens (tertiary/aromatic N) is 3. The Morgan fingerprint density at radius 1 is 1.38 bits per heavy atom. The van der Waals surface area contributed by atoms with E-state index in [2.05, 4.69) is 21.5 Å². The maximum Gasteiger partial charge on any atom is 0.222 e. The zero-order valence-electron chi connectivity index (χ0n) is 12.1. The van der Waals surface area contributed by atoms with Crippen molar-refractivity contribution in [2.75, 3.05) is 32.7 Å². The molecular formula is C14H22N4O2S. The molecule has 2 rings (SSSR count). The first-order valence-corrected chi connectivity index (χ1v) is 8.06. The molecule has 1 aliphatic rings. The Labute approximate surface area is 128 Å². The van der Waals surface area contributed by atoms with E-state index in [1.807, 2.05) is 11.0 Å². The average Bonchev–Trinajstić information content (AvgIpc) is 3.01. The molecule has 2 heterocycles. The predicted octanol–water partition coefficient (Wildman–Crippen LogP) is 0.961. The molecule has 0 bridgehead atoms. The van der Waals surface area contributed by atoms with Crippen LogP contribution < -0.4 is 5.73 Å². The number of rotatable bonds is 6. The molecule has 3 N–H and O–H groups in total. The smallest absolute Gasteiger partial charge is 0.222 e. The number of amides is 1. The minimum Gasteiger partial charge on any atom is -0.409 e. The van der Waals surface area contributed by atoms with E-state index >= 15 is 0 Å². The van der Waals surface area contributed by atoms with Gasteiger partial charge in [0.25, 0.3) is 0 Å². The van der Waals surface area contributed by atoms with Crippen molar-refractivity contribution in [3.63, 3.8) is 0 Å². The molecule has 0 aliphatic carbocycles. The molecule has 1 saturated heterocycles. The van der Waals surface area contributed by atoms with Crippen LogP contribution in [-0.2, 0) is 11.2 Å². The van der Waals surface area contributed by atoms with Crippen molar-refractivity contribution in [2.24, 2.45) is 10.9 Å². The number of carbonyl (C=O) groups excluding carboxylic acids is 1. The molecule has 1 amide bonds. The number of nitrogens with two attached hydrogens (primary N) is 1. The Morgan fingerprint density at radius 3 is 2.76 bits per heavy atom. The molecule has 1 aromatic rings. The van der Waals surface area contributed by atoms with Crippen LogP contribution >= 0.6 is 11.3 Å². The van der Waals surface area contributed by atoms with Crippen molar-refractivity contribution in [3.05, 3.63) is 22.4 Å². The van der Waals surface area contributed by atoms with E-state index in [1.54, 1.807) is 11.3 Å². The highest BCUT2D eigenvalue weighted by Crippen LogP contribution is 2.13. The van der Waals surface area contributed by atoms with Gasteiger partial charge in [-0.1, -0.05) is 11.2 Å². The maximum absolute atomic E-state index is 12.1. The number of oxime groups is 1. The Bertz CT molecular complexity index is 467. The lowest BCUT2D eigenvalue weighted by atomic mass is 10.2. The van der Waals surface area contributed by atoms with Crippen LogP contribution in [0.15, 0.2) is 22.7 Å². The van der Waals surface area contributed by atoms with Gasteiger partial charge in [0.1, 0.15) is 0 Å². The summed E-state index contributed by atoms with van der Waals surface area (Å²) in [5.41, 5.74) is 5.49. The number of hydrogen-bond acceptors (Lipinski definition) is 5. The zero-order chi connectivity index (χ0) is 15.1. The molecule has 0 aromatic carbocycles. The van der Waals surface area contributed by atoms with Crippen LogP contribution in [0.1, 0.15) is 17.7 Å². The van der Waals surface area contributed by atoms with E-state index in [0.29, 0.717) is 13.0 Å². The van der Waals surface area contributed by atoms with Gasteiger partial charge in [-0.25, -0.2) is 0 Å². The number of thiophene rings is 1. The van der Waals surface area contributed by atoms with Gasteiger partial charge in [0.05, 0.1) is 6.54 Å². The maximum atomic E-state index is 12.1. The van der Waals surface area contributed by atoms with Gasteiger partial charge in [-0.05, 0) is 24.3 Å². The van der Waals surface area contributed by atoms with Crippen LogP contribution in [0.2, 0.25) is 0 Å². The fraction of sp³-hybridized carbons (Fsp3) is 0.571. The summed E-state index contributed by atoms with van der Waals surface area (Å²) in [6, 6.07) is 4.16. The van der Waals surface area contributed by atoms with E-state index in [9.17, 15) is 4.79 Å². The Kier molecular flexibility index (Phi) is 6.01. The van der Waals surface area contributed by atoms with Gasteiger partial charge in [0.2, 0.25) is 5.91 Å². The molecule has 1 aromatic heterocycles. The minimum atomic E-state index is 0.214. The third kappa shape index (κ3) is 5.02. The van der Waals surface area contributed by atoms with Crippen LogP contribution in [0.25, 0.3) is 0 Å². The summed E-state index contributed by atoms with van der Waals surface area (Å²) in [4.78, 5) is 17.5. The van der Waals surface area contributed by atoms with Crippen LogP contribution in [0.3, 0.4) is 0 Å². The fourth-order valence-corrected chi connectivity index (χ4v) is 3.19. The van der Waals surface area contributed by atoms with Gasteiger partial charge in [0, 0.05) is 37.5 Å². The van der Waals surface area contributed by atoms with Crippen molar-refractivity contribution in [1.82, 2.24) is 9.80 Å². The van der Waals surface area contributed by atoms with E-state index in [0.717, 1.165) is 39.0 Å². The molecule has 0 saturated carbocycles. The van der Waals surface area contributed by atoms with Gasteiger partial charge >= 0.3 is 0 Å². The molecule has 6 nitrogen and oxygen atoms in total. The highest BCUT2D eigenvalue weighted by molar-refractivity contribution is 7.09. The second-order valence-electron chi connectivity index (χ2n) is 5.18. The summed E-state index contributed by atoms with van der Waals surface area (Å²) < 4.78 is 0. The minimum absolute atomic E-state index is 0.214. The zero-order valence-corrected chi connectivity index (χ0v) is 12.9. The second kappa shape index (κ2) is 7.99. The van der Waals surface area contributed by atoms with Crippen molar-refractivity contribution >= 4 is 23.1 Å². The standard InChI is InChI=1S/C14H22N4O2S/c15-13(16-20)11-17-6-8-18(9-7-17)14(19)5-1-3-12-4-2-10-21-12/h2,4,10,20H,1,3,5-9,11H2,(H2,15,16). The third-order valence-corrected chi connectivity index (χ3v) is 4.57. The third-order valence-electron chi connectivity index (χ3n) is 3.63. The molecule has 1 fully saturated rings. The van der Waals surface area contributed by atoms with Crippen LogP contribution in [-0.4, -0.2) is 59.5 Å². The number of hydrogen-bond donors (Lipinski definition) is 2. The molecule has 0 spiro atoms. The van der Waals surface area contributed by atoms with E-state index in [4.69, 9.17) is 10.9 Å². The first kappa shape index (κ1) is 15.8. The monoisotopic (exact) mass is 310 g/mol. The van der Waals surface area contributed by atoms with Gasteiger partial charge < -0.3 is 15.8 Å². The largest absolute Gasteiger partial charge is 0.409 e. The molecule has 116 valence electrons. The van der Waals surface area contributed by atoms with Crippen LogP contribution in [0, 0.1) is 0 Å². The van der Waals surface area contributed by atoms with Crippen molar-refractivity contribution in [2.45, 2.75) is 19.3 Å². The number of carbonyl (C=O) groups is 1. The highest BCUT2D eigenvalue weighted by Gasteiger charge is 2.21. The van der Waals surface area contributed by atoms with E-state index in [1.165, 1.54) is 4.88 Å². The predicted molar refractivity (Wildman–Crippen MR) is 83.7 cm³/mol. The number of amidine groups is 1. The normalized spacial score (nSPS) is 17.1. The lowest BCUT2D eigenvalue weighted by Gasteiger charge is -2.34. The SMILES string of the molecule is NC(CN1CCN(C(=O)CCCc2cccs2)CC1)=NO. The fourth-order valence-electron chi connectivity index (χ4n) is 2.44. The quantitative estimate of drug-likeness (QED) is 0.355. The van der Waals surface area contributed by atoms with Crippen molar-refractivity contribution in [1.29, 1.82) is 0 Å². The van der Waals surface area contributed by atoms with Gasteiger partial charge in [-0.3, -0.25) is 9.69 Å². The molecule has 1 aliphatic heterocycles. The van der Waals surface area contributed by atoms with E-state index < -0.39 is 0 Å². The van der Waals surface area contributed by atoms with Gasteiger partial charge in [-0.15, -0.1) is 11.3 Å². The lowest BCUT2D eigenvalue weighted by molar-refractivity contribution is -0.132. The first-order valence-electron chi connectivity index (χ1n) is 7.18. The summed E-state index contributed by atoms with van der Waals surface area (Å²) in [5.74, 6) is 0.445.